The summed E-state index contributed by atoms with van der Waals surface area (Å²) in [5.74, 6) is 0.821. The first-order valence-electron chi connectivity index (χ1n) is 5.57. The van der Waals surface area contributed by atoms with Crippen molar-refractivity contribution >= 4 is 17.3 Å². The van der Waals surface area contributed by atoms with E-state index in [1.54, 1.807) is 18.1 Å². The van der Waals surface area contributed by atoms with Gasteiger partial charge in [0.2, 0.25) is 0 Å². The fourth-order valence-corrected chi connectivity index (χ4v) is 1.47. The van der Waals surface area contributed by atoms with Crippen molar-refractivity contribution in [1.82, 2.24) is 25.4 Å². The minimum Gasteiger partial charge on any atom is -0.385 e. The Labute approximate surface area is 107 Å². The average molecular weight is 257 g/mol. The number of thiocarbonyl (C=S) groups is 1. The second kappa shape index (κ2) is 7.97. The standard InChI is InChI=1S/C10H19N5OS/c1-15-8-13-9(14-15)4-6-12-10(17)11-5-3-7-16-2/h8H,3-7H2,1-2H3,(H2,11,12,17). The van der Waals surface area contributed by atoms with E-state index in [9.17, 15) is 0 Å². The van der Waals surface area contributed by atoms with Gasteiger partial charge in [0.15, 0.2) is 10.9 Å². The SMILES string of the molecule is COCCCNC(=S)NCCc1ncn(C)n1. The molecule has 0 bridgehead atoms. The van der Waals surface area contributed by atoms with Gasteiger partial charge in [-0.3, -0.25) is 4.68 Å². The number of methoxy groups -OCH3 is 1. The van der Waals surface area contributed by atoms with Crippen LogP contribution in [-0.4, -0.2) is 46.7 Å². The van der Waals surface area contributed by atoms with Crippen molar-refractivity contribution in [3.05, 3.63) is 12.2 Å². The first-order valence-corrected chi connectivity index (χ1v) is 5.98. The number of ether oxygens (including phenoxy) is 1. The van der Waals surface area contributed by atoms with E-state index in [1.807, 2.05) is 7.05 Å². The van der Waals surface area contributed by atoms with Crippen molar-refractivity contribution in [2.45, 2.75) is 12.8 Å². The van der Waals surface area contributed by atoms with E-state index >= 15 is 0 Å². The molecular weight excluding hydrogens is 238 g/mol. The Morgan fingerprint density at radius 3 is 2.88 bits per heavy atom. The smallest absolute Gasteiger partial charge is 0.166 e. The summed E-state index contributed by atoms with van der Waals surface area (Å²) >= 11 is 5.12. The zero-order chi connectivity index (χ0) is 12.5. The lowest BCUT2D eigenvalue weighted by Crippen LogP contribution is -2.37. The molecule has 0 spiro atoms. The van der Waals surface area contributed by atoms with Crippen LogP contribution in [0.1, 0.15) is 12.2 Å². The molecule has 1 rings (SSSR count). The second-order valence-corrected chi connectivity index (χ2v) is 4.02. The highest BCUT2D eigenvalue weighted by Crippen LogP contribution is 1.88. The molecule has 0 saturated carbocycles. The fraction of sp³-hybridized carbons (Fsp3) is 0.700. The zero-order valence-electron chi connectivity index (χ0n) is 10.3. The minimum absolute atomic E-state index is 0.664. The van der Waals surface area contributed by atoms with Crippen LogP contribution in [0.3, 0.4) is 0 Å². The van der Waals surface area contributed by atoms with Gasteiger partial charge < -0.3 is 15.4 Å². The normalized spacial score (nSPS) is 10.2. The fourth-order valence-electron chi connectivity index (χ4n) is 1.27. The van der Waals surface area contributed by atoms with Gasteiger partial charge in [0, 0.05) is 40.3 Å². The maximum atomic E-state index is 5.12. The molecule has 6 nitrogen and oxygen atoms in total. The summed E-state index contributed by atoms with van der Waals surface area (Å²) in [5, 5.41) is 11.1. The van der Waals surface area contributed by atoms with Crippen molar-refractivity contribution in [1.29, 1.82) is 0 Å². The zero-order valence-corrected chi connectivity index (χ0v) is 11.1. The largest absolute Gasteiger partial charge is 0.385 e. The minimum atomic E-state index is 0.664. The summed E-state index contributed by atoms with van der Waals surface area (Å²) in [7, 11) is 3.54. The third kappa shape index (κ3) is 6.18. The van der Waals surface area contributed by atoms with Crippen LogP contribution in [0.5, 0.6) is 0 Å². The van der Waals surface area contributed by atoms with Gasteiger partial charge in [0.25, 0.3) is 0 Å². The quantitative estimate of drug-likeness (QED) is 0.523. The van der Waals surface area contributed by atoms with Crippen LogP contribution in [0.25, 0.3) is 0 Å². The molecule has 0 saturated heterocycles. The maximum absolute atomic E-state index is 5.12. The molecule has 0 radical (unpaired) electrons. The van der Waals surface area contributed by atoms with Crippen molar-refractivity contribution in [2.75, 3.05) is 26.8 Å². The van der Waals surface area contributed by atoms with Crippen LogP contribution in [0.4, 0.5) is 0 Å². The predicted molar refractivity (Wildman–Crippen MR) is 69.8 cm³/mol. The molecule has 0 fully saturated rings. The van der Waals surface area contributed by atoms with Crippen molar-refractivity contribution in [3.8, 4) is 0 Å². The molecule has 2 N–H and O–H groups in total. The molecule has 0 aliphatic carbocycles. The van der Waals surface area contributed by atoms with Crippen molar-refractivity contribution < 1.29 is 4.74 Å². The molecule has 0 unspecified atom stereocenters. The lowest BCUT2D eigenvalue weighted by Gasteiger charge is -2.09. The third-order valence-corrected chi connectivity index (χ3v) is 2.38. The second-order valence-electron chi connectivity index (χ2n) is 3.61. The molecule has 96 valence electrons. The van der Waals surface area contributed by atoms with Crippen LogP contribution in [0.15, 0.2) is 6.33 Å². The van der Waals surface area contributed by atoms with Gasteiger partial charge >= 0.3 is 0 Å². The van der Waals surface area contributed by atoms with E-state index in [-0.39, 0.29) is 0 Å². The number of aryl methyl sites for hydroxylation is 1. The number of hydrogen-bond donors (Lipinski definition) is 2. The first kappa shape index (κ1) is 13.9. The lowest BCUT2D eigenvalue weighted by molar-refractivity contribution is 0.195. The van der Waals surface area contributed by atoms with Gasteiger partial charge in [0.1, 0.15) is 6.33 Å². The van der Waals surface area contributed by atoms with Crippen LogP contribution in [0.2, 0.25) is 0 Å². The Bertz CT molecular complexity index is 341. The van der Waals surface area contributed by atoms with E-state index in [2.05, 4.69) is 20.7 Å². The van der Waals surface area contributed by atoms with Gasteiger partial charge in [-0.25, -0.2) is 4.98 Å². The highest BCUT2D eigenvalue weighted by molar-refractivity contribution is 7.80. The molecule has 0 aliphatic heterocycles. The van der Waals surface area contributed by atoms with Crippen LogP contribution < -0.4 is 10.6 Å². The predicted octanol–water partition coefficient (Wildman–Crippen LogP) is -0.142. The van der Waals surface area contributed by atoms with Crippen LogP contribution in [0, 0.1) is 0 Å². The highest BCUT2D eigenvalue weighted by Gasteiger charge is 1.99. The number of nitrogens with zero attached hydrogens (tertiary/aromatic N) is 3. The Balaban J connectivity index is 2.04. The number of aromatic nitrogens is 3. The Kier molecular flexibility index (Phi) is 6.49. The topological polar surface area (TPSA) is 64.0 Å². The van der Waals surface area contributed by atoms with Gasteiger partial charge in [-0.2, -0.15) is 5.10 Å². The third-order valence-electron chi connectivity index (χ3n) is 2.09. The molecule has 0 aliphatic rings. The van der Waals surface area contributed by atoms with Gasteiger partial charge in [-0.15, -0.1) is 0 Å². The van der Waals surface area contributed by atoms with Crippen molar-refractivity contribution in [3.63, 3.8) is 0 Å². The summed E-state index contributed by atoms with van der Waals surface area (Å²) in [6.07, 6.45) is 3.40. The molecule has 7 heteroatoms. The summed E-state index contributed by atoms with van der Waals surface area (Å²) in [6, 6.07) is 0. The lowest BCUT2D eigenvalue weighted by atomic mass is 10.4. The highest BCUT2D eigenvalue weighted by atomic mass is 32.1. The molecule has 1 heterocycles. The average Bonchev–Trinajstić information content (AvgIpc) is 2.71. The summed E-state index contributed by atoms with van der Waals surface area (Å²) in [6.45, 7) is 2.30. The summed E-state index contributed by atoms with van der Waals surface area (Å²) in [5.41, 5.74) is 0. The number of rotatable bonds is 7. The first-order chi connectivity index (χ1) is 8.22. The van der Waals surface area contributed by atoms with E-state index in [0.717, 1.165) is 38.4 Å². The Morgan fingerprint density at radius 1 is 1.47 bits per heavy atom. The molecular formula is C10H19N5OS. The molecule has 1 aromatic heterocycles. The molecule has 1 aromatic rings. The van der Waals surface area contributed by atoms with E-state index in [4.69, 9.17) is 17.0 Å². The maximum Gasteiger partial charge on any atom is 0.166 e. The van der Waals surface area contributed by atoms with Gasteiger partial charge in [0.05, 0.1) is 0 Å². The summed E-state index contributed by atoms with van der Waals surface area (Å²) < 4.78 is 6.63. The van der Waals surface area contributed by atoms with Gasteiger partial charge in [-0.1, -0.05) is 0 Å². The number of nitrogens with one attached hydrogen (secondary N) is 2. The Morgan fingerprint density at radius 2 is 2.24 bits per heavy atom. The molecule has 0 aromatic carbocycles. The molecule has 0 atom stereocenters. The summed E-state index contributed by atoms with van der Waals surface area (Å²) in [4.78, 5) is 4.13. The van der Waals surface area contributed by atoms with E-state index in [0.29, 0.717) is 5.11 Å². The molecule has 17 heavy (non-hydrogen) atoms. The van der Waals surface area contributed by atoms with Gasteiger partial charge in [-0.05, 0) is 18.6 Å². The monoisotopic (exact) mass is 257 g/mol. The number of hydrogen-bond acceptors (Lipinski definition) is 4. The van der Waals surface area contributed by atoms with E-state index in [1.165, 1.54) is 0 Å². The Hall–Kier alpha value is -1.21. The van der Waals surface area contributed by atoms with Crippen molar-refractivity contribution in [2.24, 2.45) is 7.05 Å². The van der Waals surface area contributed by atoms with Crippen LogP contribution in [-0.2, 0) is 18.2 Å². The van der Waals surface area contributed by atoms with Crippen LogP contribution >= 0.6 is 12.2 Å². The van der Waals surface area contributed by atoms with E-state index < -0.39 is 0 Å². The molecule has 0 amide bonds.